The zero-order chi connectivity index (χ0) is 14.9. The van der Waals surface area contributed by atoms with Crippen LogP contribution in [0.2, 0.25) is 0 Å². The molecular formula is C14H12BrF2NOS. The van der Waals surface area contributed by atoms with E-state index in [1.165, 1.54) is 16.2 Å². The third kappa shape index (κ3) is 2.91. The van der Waals surface area contributed by atoms with Crippen molar-refractivity contribution in [3.05, 3.63) is 56.2 Å². The number of hydrogen-bond donors (Lipinski definition) is 0. The van der Waals surface area contributed by atoms with Gasteiger partial charge in [-0.3, -0.25) is 4.79 Å². The van der Waals surface area contributed by atoms with Gasteiger partial charge in [0.2, 0.25) is 0 Å². The summed E-state index contributed by atoms with van der Waals surface area (Å²) in [5.41, 5.74) is 0.161. The Kier molecular flexibility index (Phi) is 4.55. The third-order valence-electron chi connectivity index (χ3n) is 3.12. The van der Waals surface area contributed by atoms with Crippen molar-refractivity contribution in [2.75, 3.05) is 7.05 Å². The zero-order valence-electron chi connectivity index (χ0n) is 10.9. The van der Waals surface area contributed by atoms with Gasteiger partial charge in [0.1, 0.15) is 16.5 Å². The Morgan fingerprint density at radius 1 is 1.35 bits per heavy atom. The van der Waals surface area contributed by atoms with Gasteiger partial charge in [0.15, 0.2) is 0 Å². The van der Waals surface area contributed by atoms with Crippen LogP contribution in [0.5, 0.6) is 0 Å². The molecule has 2 aromatic rings. The number of carbonyl (C=O) groups excluding carboxylic acids is 1. The highest BCUT2D eigenvalue weighted by Crippen LogP contribution is 2.28. The summed E-state index contributed by atoms with van der Waals surface area (Å²) in [7, 11) is 1.57. The molecule has 20 heavy (non-hydrogen) atoms. The summed E-state index contributed by atoms with van der Waals surface area (Å²) in [4.78, 5) is 14.3. The van der Waals surface area contributed by atoms with Crippen LogP contribution in [0.25, 0.3) is 0 Å². The van der Waals surface area contributed by atoms with E-state index in [1.54, 1.807) is 25.4 Å². The van der Waals surface area contributed by atoms with Crippen LogP contribution in [0.15, 0.2) is 34.1 Å². The quantitative estimate of drug-likeness (QED) is 0.782. The van der Waals surface area contributed by atoms with E-state index in [0.29, 0.717) is 9.35 Å². The number of carbonyl (C=O) groups is 1. The molecule has 0 fully saturated rings. The normalized spacial score (nSPS) is 12.2. The van der Waals surface area contributed by atoms with Gasteiger partial charge in [0.25, 0.3) is 5.91 Å². The zero-order valence-corrected chi connectivity index (χ0v) is 13.3. The molecule has 0 radical (unpaired) electrons. The van der Waals surface area contributed by atoms with E-state index in [1.807, 2.05) is 0 Å². The molecule has 1 amide bonds. The Morgan fingerprint density at radius 2 is 2.05 bits per heavy atom. The highest BCUT2D eigenvalue weighted by atomic mass is 79.9. The third-order valence-corrected chi connectivity index (χ3v) is 4.95. The van der Waals surface area contributed by atoms with Crippen molar-refractivity contribution in [2.24, 2.45) is 0 Å². The van der Waals surface area contributed by atoms with E-state index in [0.717, 1.165) is 18.2 Å². The van der Waals surface area contributed by atoms with Gasteiger partial charge < -0.3 is 4.90 Å². The Hall–Kier alpha value is -1.27. The summed E-state index contributed by atoms with van der Waals surface area (Å²) in [5.74, 6) is -1.28. The largest absolute Gasteiger partial charge is 0.334 e. The topological polar surface area (TPSA) is 20.3 Å². The second-order valence-corrected chi connectivity index (χ2v) is 6.13. The fraction of sp³-hybridized carbons (Fsp3) is 0.214. The van der Waals surface area contributed by atoms with Crippen LogP contribution < -0.4 is 0 Å². The molecule has 1 aromatic heterocycles. The second-order valence-electron chi connectivity index (χ2n) is 4.36. The van der Waals surface area contributed by atoms with Crippen LogP contribution >= 0.6 is 27.3 Å². The van der Waals surface area contributed by atoms with Crippen molar-refractivity contribution in [3.63, 3.8) is 0 Å². The van der Waals surface area contributed by atoms with Gasteiger partial charge in [0, 0.05) is 17.1 Å². The number of hydrogen-bond acceptors (Lipinski definition) is 2. The van der Waals surface area contributed by atoms with Gasteiger partial charge >= 0.3 is 0 Å². The molecule has 2 rings (SSSR count). The molecule has 1 unspecified atom stereocenters. The molecule has 0 aliphatic carbocycles. The highest BCUT2D eigenvalue weighted by Gasteiger charge is 2.23. The van der Waals surface area contributed by atoms with Crippen molar-refractivity contribution < 1.29 is 13.6 Å². The minimum Gasteiger partial charge on any atom is -0.334 e. The van der Waals surface area contributed by atoms with Crippen molar-refractivity contribution >= 4 is 33.2 Å². The lowest BCUT2D eigenvalue weighted by Gasteiger charge is -2.25. The Bertz CT molecular complexity index is 644. The summed E-state index contributed by atoms with van der Waals surface area (Å²) in [6.07, 6.45) is 0. The summed E-state index contributed by atoms with van der Waals surface area (Å²) < 4.78 is 27.7. The van der Waals surface area contributed by atoms with E-state index in [-0.39, 0.29) is 11.5 Å². The summed E-state index contributed by atoms with van der Waals surface area (Å²) >= 11 is 4.60. The molecule has 0 saturated heterocycles. The molecule has 0 bridgehead atoms. The van der Waals surface area contributed by atoms with Crippen LogP contribution in [0.4, 0.5) is 8.78 Å². The van der Waals surface area contributed by atoms with Crippen molar-refractivity contribution in [3.8, 4) is 0 Å². The summed E-state index contributed by atoms with van der Waals surface area (Å²) in [6, 6.07) is 4.46. The first kappa shape index (κ1) is 15.1. The molecule has 0 saturated carbocycles. The molecular weight excluding hydrogens is 348 g/mol. The van der Waals surface area contributed by atoms with Gasteiger partial charge in [-0.25, -0.2) is 8.78 Å². The fourth-order valence-corrected chi connectivity index (χ4v) is 3.35. The Labute approximate surface area is 128 Å². The number of nitrogens with zero attached hydrogens (tertiary/aromatic N) is 1. The molecule has 1 aromatic carbocycles. The standard InChI is InChI=1S/C14H12BrF2NOS/c1-8(10-7-9(16)3-4-12(10)17)18(2)14(19)13-11(15)5-6-20-13/h3-8H,1-2H3. The summed E-state index contributed by atoms with van der Waals surface area (Å²) in [5, 5.41) is 1.79. The van der Waals surface area contributed by atoms with Gasteiger partial charge in [-0.1, -0.05) is 0 Å². The first-order valence-corrected chi connectivity index (χ1v) is 7.54. The first-order valence-electron chi connectivity index (χ1n) is 5.87. The molecule has 0 aliphatic rings. The Balaban J connectivity index is 2.29. The molecule has 0 N–H and O–H groups in total. The fourth-order valence-electron chi connectivity index (χ4n) is 1.83. The van der Waals surface area contributed by atoms with Gasteiger partial charge in [-0.2, -0.15) is 0 Å². The van der Waals surface area contributed by atoms with Crippen molar-refractivity contribution in [1.82, 2.24) is 4.90 Å². The second kappa shape index (κ2) is 6.01. The average molecular weight is 360 g/mol. The van der Waals surface area contributed by atoms with E-state index in [4.69, 9.17) is 0 Å². The average Bonchev–Trinajstić information content (AvgIpc) is 2.85. The van der Waals surface area contributed by atoms with Crippen LogP contribution in [0, 0.1) is 11.6 Å². The van der Waals surface area contributed by atoms with Gasteiger partial charge in [0.05, 0.1) is 6.04 Å². The van der Waals surface area contributed by atoms with Gasteiger partial charge in [-0.15, -0.1) is 11.3 Å². The van der Waals surface area contributed by atoms with E-state index in [2.05, 4.69) is 15.9 Å². The van der Waals surface area contributed by atoms with E-state index < -0.39 is 17.7 Å². The van der Waals surface area contributed by atoms with Crippen LogP contribution in [-0.2, 0) is 0 Å². The smallest absolute Gasteiger partial charge is 0.265 e. The number of rotatable bonds is 3. The highest BCUT2D eigenvalue weighted by molar-refractivity contribution is 9.10. The van der Waals surface area contributed by atoms with E-state index in [9.17, 15) is 13.6 Å². The van der Waals surface area contributed by atoms with Gasteiger partial charge in [-0.05, 0) is 52.5 Å². The molecule has 1 heterocycles. The SMILES string of the molecule is CC(c1cc(F)ccc1F)N(C)C(=O)c1sccc1Br. The maximum absolute atomic E-state index is 13.8. The predicted molar refractivity (Wildman–Crippen MR) is 78.9 cm³/mol. The molecule has 106 valence electrons. The van der Waals surface area contributed by atoms with E-state index >= 15 is 0 Å². The summed E-state index contributed by atoms with van der Waals surface area (Å²) in [6.45, 7) is 1.66. The number of amides is 1. The monoisotopic (exact) mass is 359 g/mol. The minimum absolute atomic E-state index is 0.161. The lowest BCUT2D eigenvalue weighted by molar-refractivity contribution is 0.0744. The molecule has 0 aliphatic heterocycles. The minimum atomic E-state index is -0.563. The first-order chi connectivity index (χ1) is 9.41. The molecule has 2 nitrogen and oxygen atoms in total. The predicted octanol–water partition coefficient (Wildman–Crippen LogP) is 4.62. The van der Waals surface area contributed by atoms with Crippen molar-refractivity contribution in [1.29, 1.82) is 0 Å². The van der Waals surface area contributed by atoms with Crippen LogP contribution in [-0.4, -0.2) is 17.9 Å². The maximum Gasteiger partial charge on any atom is 0.265 e. The Morgan fingerprint density at radius 3 is 2.65 bits per heavy atom. The lowest BCUT2D eigenvalue weighted by atomic mass is 10.1. The maximum atomic E-state index is 13.8. The van der Waals surface area contributed by atoms with Crippen LogP contribution in [0.3, 0.4) is 0 Å². The molecule has 0 spiro atoms. The molecule has 6 heteroatoms. The lowest BCUT2D eigenvalue weighted by Crippen LogP contribution is -2.29. The number of halogens is 3. The number of thiophene rings is 1. The van der Waals surface area contributed by atoms with Crippen LogP contribution in [0.1, 0.15) is 28.2 Å². The number of benzene rings is 1. The molecule has 1 atom stereocenters. The van der Waals surface area contributed by atoms with Crippen molar-refractivity contribution in [2.45, 2.75) is 13.0 Å².